The lowest BCUT2D eigenvalue weighted by molar-refractivity contribution is -0.172. The SMILES string of the molecule is CCC(=O)Nc1ccc(COC(=O)NCCCOc2ccc3nc4c(c(CC)c3c2)Cn2c-4cc3c(c2=O)COC(=O)[C@]3(O)CC)cc1. The van der Waals surface area contributed by atoms with Crippen molar-refractivity contribution in [3.63, 3.8) is 0 Å². The van der Waals surface area contributed by atoms with Gasteiger partial charge in [0.1, 0.15) is 19.0 Å². The standard InChI is InChI=1S/C36H38N4O8/c1-4-24-25-16-23(46-15-7-14-37-35(44)48-19-21-8-10-22(11-9-21)38-31(41)5-2)12-13-29(25)39-32-26(24)18-40-30(32)17-28-27(33(40)42)20-47-34(43)36(28,45)6-3/h8-13,16-17,45H,4-7,14-15,18-20H2,1-3H3,(H,37,44)(H,38,41)/t36-/m0/s1. The Labute approximate surface area is 277 Å². The Morgan fingerprint density at radius 1 is 1.06 bits per heavy atom. The van der Waals surface area contributed by atoms with Gasteiger partial charge in [-0.15, -0.1) is 0 Å². The van der Waals surface area contributed by atoms with Gasteiger partial charge in [-0.2, -0.15) is 0 Å². The van der Waals surface area contributed by atoms with Crippen molar-refractivity contribution in [3.8, 4) is 17.1 Å². The number of rotatable bonds is 11. The summed E-state index contributed by atoms with van der Waals surface area (Å²) in [5.41, 5.74) is 3.87. The van der Waals surface area contributed by atoms with E-state index in [1.165, 1.54) is 0 Å². The molecule has 0 radical (unpaired) electrons. The molecule has 2 aliphatic heterocycles. The molecule has 0 spiro atoms. The van der Waals surface area contributed by atoms with Crippen LogP contribution >= 0.6 is 0 Å². The molecule has 0 unspecified atom stereocenters. The molecule has 0 fully saturated rings. The van der Waals surface area contributed by atoms with Gasteiger partial charge in [0.25, 0.3) is 5.56 Å². The van der Waals surface area contributed by atoms with Crippen LogP contribution in [0.1, 0.15) is 67.9 Å². The summed E-state index contributed by atoms with van der Waals surface area (Å²) in [6.07, 6.45) is 1.20. The molecule has 0 saturated heterocycles. The van der Waals surface area contributed by atoms with Crippen LogP contribution < -0.4 is 20.9 Å². The second-order valence-corrected chi connectivity index (χ2v) is 11.9. The van der Waals surface area contributed by atoms with Crippen molar-refractivity contribution in [2.24, 2.45) is 0 Å². The van der Waals surface area contributed by atoms with Crippen LogP contribution in [0.3, 0.4) is 0 Å². The van der Waals surface area contributed by atoms with Crippen molar-refractivity contribution in [3.05, 3.63) is 86.7 Å². The summed E-state index contributed by atoms with van der Waals surface area (Å²) < 4.78 is 18.1. The molecule has 1 atom stereocenters. The van der Waals surface area contributed by atoms with Gasteiger partial charge in [0.2, 0.25) is 5.91 Å². The molecule has 48 heavy (non-hydrogen) atoms. The van der Waals surface area contributed by atoms with Crippen LogP contribution in [0.4, 0.5) is 10.5 Å². The fourth-order valence-electron chi connectivity index (χ4n) is 6.22. The van der Waals surface area contributed by atoms with Crippen LogP contribution in [-0.4, -0.2) is 45.8 Å². The molecule has 12 heteroatoms. The number of hydrogen-bond acceptors (Lipinski definition) is 9. The fourth-order valence-corrected chi connectivity index (χ4v) is 6.22. The maximum absolute atomic E-state index is 13.6. The highest BCUT2D eigenvalue weighted by molar-refractivity contribution is 5.91. The van der Waals surface area contributed by atoms with E-state index in [1.807, 2.05) is 18.2 Å². The number of cyclic esters (lactones) is 1. The zero-order valence-electron chi connectivity index (χ0n) is 27.2. The van der Waals surface area contributed by atoms with Crippen molar-refractivity contribution in [1.82, 2.24) is 14.9 Å². The minimum atomic E-state index is -1.87. The minimum Gasteiger partial charge on any atom is -0.494 e. The first-order chi connectivity index (χ1) is 23.2. The van der Waals surface area contributed by atoms with E-state index in [-0.39, 0.29) is 31.1 Å². The molecular formula is C36H38N4O8. The van der Waals surface area contributed by atoms with Crippen LogP contribution in [0.5, 0.6) is 5.75 Å². The number of carbonyl (C=O) groups is 3. The van der Waals surface area contributed by atoms with Gasteiger partial charge in [0.05, 0.1) is 35.6 Å². The van der Waals surface area contributed by atoms with Crippen LogP contribution in [0.25, 0.3) is 22.3 Å². The Morgan fingerprint density at radius 3 is 2.58 bits per heavy atom. The first-order valence-corrected chi connectivity index (χ1v) is 16.2. The highest BCUT2D eigenvalue weighted by Gasteiger charge is 2.45. The van der Waals surface area contributed by atoms with Crippen molar-refractivity contribution >= 4 is 34.6 Å². The van der Waals surface area contributed by atoms with Crippen molar-refractivity contribution < 1.29 is 33.7 Å². The lowest BCUT2D eigenvalue weighted by Gasteiger charge is -2.31. The minimum absolute atomic E-state index is 0.0673. The summed E-state index contributed by atoms with van der Waals surface area (Å²) in [4.78, 5) is 54.6. The third kappa shape index (κ3) is 6.11. The molecule has 6 rings (SSSR count). The molecule has 4 aromatic rings. The summed E-state index contributed by atoms with van der Waals surface area (Å²) in [5.74, 6) is -0.156. The van der Waals surface area contributed by atoms with Crippen LogP contribution in [0, 0.1) is 0 Å². The second kappa shape index (κ2) is 13.5. The van der Waals surface area contributed by atoms with Gasteiger partial charge in [-0.3, -0.25) is 9.59 Å². The predicted molar refractivity (Wildman–Crippen MR) is 178 cm³/mol. The largest absolute Gasteiger partial charge is 0.494 e. The summed E-state index contributed by atoms with van der Waals surface area (Å²) in [6, 6.07) is 14.5. The number of aliphatic hydroxyl groups is 1. The van der Waals surface area contributed by atoms with Crippen molar-refractivity contribution in [2.75, 3.05) is 18.5 Å². The Balaban J connectivity index is 1.08. The van der Waals surface area contributed by atoms with Gasteiger partial charge in [-0.1, -0.05) is 32.9 Å². The third-order valence-electron chi connectivity index (χ3n) is 8.92. The number of aromatic nitrogens is 2. The van der Waals surface area contributed by atoms with Gasteiger partial charge < -0.3 is 34.5 Å². The number of esters is 1. The molecule has 12 nitrogen and oxygen atoms in total. The number of benzene rings is 2. The highest BCUT2D eigenvalue weighted by Crippen LogP contribution is 2.40. The topological polar surface area (TPSA) is 158 Å². The molecule has 4 heterocycles. The number of hydrogen-bond donors (Lipinski definition) is 3. The van der Waals surface area contributed by atoms with E-state index in [2.05, 4.69) is 17.6 Å². The van der Waals surface area contributed by atoms with Crippen LogP contribution in [0.2, 0.25) is 0 Å². The molecule has 2 amide bonds. The third-order valence-corrected chi connectivity index (χ3v) is 8.92. The maximum atomic E-state index is 13.6. The average Bonchev–Trinajstić information content (AvgIpc) is 3.46. The molecule has 0 saturated carbocycles. The van der Waals surface area contributed by atoms with Gasteiger partial charge in [0.15, 0.2) is 5.60 Å². The smallest absolute Gasteiger partial charge is 0.407 e. The van der Waals surface area contributed by atoms with Crippen LogP contribution in [0.15, 0.2) is 53.3 Å². The maximum Gasteiger partial charge on any atom is 0.407 e. The van der Waals surface area contributed by atoms with Crippen LogP contribution in [-0.2, 0) is 50.8 Å². The average molecular weight is 655 g/mol. The summed E-state index contributed by atoms with van der Waals surface area (Å²) in [7, 11) is 0. The number of amides is 2. The van der Waals surface area contributed by atoms with Crippen molar-refractivity contribution in [2.45, 2.75) is 71.8 Å². The Bertz CT molecular complexity index is 1970. The molecule has 2 aromatic heterocycles. The number of ether oxygens (including phenoxy) is 3. The van der Waals surface area contributed by atoms with E-state index in [4.69, 9.17) is 19.2 Å². The number of carbonyl (C=O) groups excluding carboxylic acids is 3. The molecule has 0 bridgehead atoms. The summed E-state index contributed by atoms with van der Waals surface area (Å²) in [6.45, 7) is 6.51. The van der Waals surface area contributed by atoms with E-state index in [1.54, 1.807) is 48.7 Å². The number of nitrogens with zero attached hydrogens (tertiary/aromatic N) is 2. The summed E-state index contributed by atoms with van der Waals surface area (Å²) >= 11 is 0. The Morgan fingerprint density at radius 2 is 1.85 bits per heavy atom. The Hall–Kier alpha value is -5.23. The van der Waals surface area contributed by atoms with E-state index in [0.29, 0.717) is 72.9 Å². The van der Waals surface area contributed by atoms with Gasteiger partial charge in [0, 0.05) is 35.2 Å². The van der Waals surface area contributed by atoms with Gasteiger partial charge in [-0.25, -0.2) is 14.6 Å². The van der Waals surface area contributed by atoms with E-state index in [9.17, 15) is 24.3 Å². The first kappa shape index (κ1) is 32.7. The lowest BCUT2D eigenvalue weighted by atomic mass is 9.86. The number of alkyl carbamates (subject to hydrolysis) is 1. The molecule has 3 N–H and O–H groups in total. The first-order valence-electron chi connectivity index (χ1n) is 16.2. The zero-order chi connectivity index (χ0) is 34.0. The monoisotopic (exact) mass is 654 g/mol. The van der Waals surface area contributed by atoms with Crippen molar-refractivity contribution in [1.29, 1.82) is 0 Å². The normalized spacial score (nSPS) is 16.0. The number of nitrogens with one attached hydrogen (secondary N) is 2. The lowest BCUT2D eigenvalue weighted by Crippen LogP contribution is -2.44. The molecule has 250 valence electrons. The molecule has 2 aromatic carbocycles. The van der Waals surface area contributed by atoms with E-state index in [0.717, 1.165) is 27.6 Å². The second-order valence-electron chi connectivity index (χ2n) is 11.9. The van der Waals surface area contributed by atoms with E-state index >= 15 is 0 Å². The van der Waals surface area contributed by atoms with Gasteiger partial charge in [-0.05, 0) is 66.8 Å². The summed E-state index contributed by atoms with van der Waals surface area (Å²) in [5, 5.41) is 17.6. The molecular weight excluding hydrogens is 616 g/mol. The number of pyridine rings is 2. The molecule has 2 aliphatic rings. The van der Waals surface area contributed by atoms with E-state index < -0.39 is 17.7 Å². The fraction of sp³-hybridized carbons (Fsp3) is 0.361. The predicted octanol–water partition coefficient (Wildman–Crippen LogP) is 4.69. The highest BCUT2D eigenvalue weighted by atomic mass is 16.6. The molecule has 0 aliphatic carbocycles. The quantitative estimate of drug-likeness (QED) is 0.136. The number of aryl methyl sites for hydroxylation is 1. The number of fused-ring (bicyclic) bond motifs is 5. The number of anilines is 1. The Kier molecular flexibility index (Phi) is 9.18. The zero-order valence-corrected chi connectivity index (χ0v) is 27.2. The van der Waals surface area contributed by atoms with Gasteiger partial charge >= 0.3 is 12.1 Å².